The monoisotopic (exact) mass is 230 g/mol. The van der Waals surface area contributed by atoms with Gasteiger partial charge in [-0.3, -0.25) is 0 Å². The minimum absolute atomic E-state index is 0.171. The second-order valence-electron chi connectivity index (χ2n) is 5.87. The maximum absolute atomic E-state index is 5.74. The number of hydrogen-bond donors (Lipinski definition) is 0. The van der Waals surface area contributed by atoms with Gasteiger partial charge in [-0.2, -0.15) is 0 Å². The molecule has 0 saturated carbocycles. The molecule has 17 heavy (non-hydrogen) atoms. The molecule has 0 amide bonds. The predicted octanol–water partition coefficient (Wildman–Crippen LogP) is 2.84. The van der Waals surface area contributed by atoms with E-state index in [1.165, 1.54) is 24.0 Å². The van der Waals surface area contributed by atoms with Crippen molar-refractivity contribution in [2.45, 2.75) is 38.0 Å². The van der Waals surface area contributed by atoms with Crippen molar-refractivity contribution in [2.75, 3.05) is 19.7 Å². The van der Waals surface area contributed by atoms with Gasteiger partial charge in [-0.05, 0) is 30.4 Å². The van der Waals surface area contributed by atoms with Gasteiger partial charge in [-0.15, -0.1) is 0 Å². The van der Waals surface area contributed by atoms with E-state index in [1.54, 1.807) is 0 Å². The molecule has 1 aromatic carbocycles. The average Bonchev–Trinajstić information content (AvgIpc) is 2.66. The summed E-state index contributed by atoms with van der Waals surface area (Å²) in [5, 5.41) is 4.43. The average molecular weight is 230 g/mol. The number of benzene rings is 1. The molecule has 1 fully saturated rings. The van der Waals surface area contributed by atoms with E-state index in [-0.39, 0.29) is 5.41 Å². The van der Waals surface area contributed by atoms with E-state index in [0.29, 0.717) is 5.92 Å². The van der Waals surface area contributed by atoms with E-state index >= 15 is 0 Å². The second-order valence-corrected chi connectivity index (χ2v) is 5.87. The molecule has 2 aliphatic rings. The molecule has 0 spiro atoms. The summed E-state index contributed by atoms with van der Waals surface area (Å²) in [5.74, 6) is 1.79. The van der Waals surface area contributed by atoms with Crippen LogP contribution in [0.3, 0.4) is 0 Å². The van der Waals surface area contributed by atoms with Crippen molar-refractivity contribution in [3.8, 4) is 5.75 Å². The van der Waals surface area contributed by atoms with Crippen LogP contribution >= 0.6 is 0 Å². The fraction of sp³-hybridized carbons (Fsp3) is 0.600. The molecule has 2 nitrogen and oxygen atoms in total. The van der Waals surface area contributed by atoms with Crippen molar-refractivity contribution >= 4 is 0 Å². The van der Waals surface area contributed by atoms with Gasteiger partial charge in [0.05, 0.1) is 6.61 Å². The van der Waals surface area contributed by atoms with E-state index < -0.39 is 0 Å². The van der Waals surface area contributed by atoms with E-state index in [9.17, 15) is 0 Å². The molecule has 91 valence electrons. The Morgan fingerprint density at radius 3 is 2.76 bits per heavy atom. The first-order valence-electron chi connectivity index (χ1n) is 6.57. The van der Waals surface area contributed by atoms with Crippen molar-refractivity contribution in [3.05, 3.63) is 29.3 Å². The molecular weight excluding hydrogens is 210 g/mol. The van der Waals surface area contributed by atoms with Crippen molar-refractivity contribution < 1.29 is 4.74 Å². The van der Waals surface area contributed by atoms with Crippen molar-refractivity contribution in [3.63, 3.8) is 0 Å². The smallest absolute Gasteiger partial charge is 0.123 e. The van der Waals surface area contributed by atoms with Gasteiger partial charge in [-0.25, -0.2) is 5.32 Å². The van der Waals surface area contributed by atoms with Crippen LogP contribution in [0.15, 0.2) is 18.2 Å². The maximum atomic E-state index is 5.74. The highest BCUT2D eigenvalue weighted by Gasteiger charge is 2.32. The molecule has 0 bridgehead atoms. The number of ether oxygens (including phenoxy) is 1. The number of nitrogens with zero attached hydrogens (tertiary/aromatic N) is 1. The van der Waals surface area contributed by atoms with Crippen LogP contribution in [0.25, 0.3) is 0 Å². The standard InChI is InChI=1S/C15H20NO/c1-15(2)10-17-14-4-3-12(9-13(14)15)11-5-7-16-8-6-11/h3-4,9,11H,5-8,10H2,1-2H3. The van der Waals surface area contributed by atoms with Gasteiger partial charge in [0.2, 0.25) is 0 Å². The van der Waals surface area contributed by atoms with E-state index in [1.807, 2.05) is 0 Å². The fourth-order valence-corrected chi connectivity index (χ4v) is 2.88. The maximum Gasteiger partial charge on any atom is 0.123 e. The Bertz CT molecular complexity index is 419. The molecule has 2 aliphatic heterocycles. The first kappa shape index (κ1) is 11.1. The molecule has 0 N–H and O–H groups in total. The van der Waals surface area contributed by atoms with Crippen LogP contribution in [0.2, 0.25) is 0 Å². The third-order valence-corrected chi connectivity index (χ3v) is 4.06. The molecule has 2 heteroatoms. The van der Waals surface area contributed by atoms with Gasteiger partial charge in [0.25, 0.3) is 0 Å². The number of piperidine rings is 1. The van der Waals surface area contributed by atoms with Crippen LogP contribution in [-0.4, -0.2) is 19.7 Å². The highest BCUT2D eigenvalue weighted by Crippen LogP contribution is 2.40. The largest absolute Gasteiger partial charge is 0.492 e. The molecule has 3 rings (SSSR count). The second kappa shape index (κ2) is 4.02. The van der Waals surface area contributed by atoms with Gasteiger partial charge in [-0.1, -0.05) is 26.0 Å². The predicted molar refractivity (Wildman–Crippen MR) is 68.8 cm³/mol. The van der Waals surface area contributed by atoms with Crippen molar-refractivity contribution in [1.29, 1.82) is 0 Å². The van der Waals surface area contributed by atoms with Gasteiger partial charge < -0.3 is 4.74 Å². The lowest BCUT2D eigenvalue weighted by molar-refractivity contribution is 0.291. The van der Waals surface area contributed by atoms with E-state index in [4.69, 9.17) is 4.74 Å². The van der Waals surface area contributed by atoms with Crippen LogP contribution in [0.5, 0.6) is 5.75 Å². The first-order valence-corrected chi connectivity index (χ1v) is 6.57. The van der Waals surface area contributed by atoms with E-state index in [0.717, 1.165) is 25.4 Å². The normalized spacial score (nSPS) is 23.2. The lowest BCUT2D eigenvalue weighted by Crippen LogP contribution is -2.22. The summed E-state index contributed by atoms with van der Waals surface area (Å²) >= 11 is 0. The molecule has 1 saturated heterocycles. The zero-order valence-electron chi connectivity index (χ0n) is 10.7. The zero-order chi connectivity index (χ0) is 11.9. The third kappa shape index (κ3) is 1.95. The molecule has 1 radical (unpaired) electrons. The lowest BCUT2D eigenvalue weighted by atomic mass is 9.83. The Labute approximate surface area is 103 Å². The van der Waals surface area contributed by atoms with Gasteiger partial charge in [0.1, 0.15) is 5.75 Å². The molecule has 0 aromatic heterocycles. The summed E-state index contributed by atoms with van der Waals surface area (Å²) in [6.07, 6.45) is 2.42. The minimum atomic E-state index is 0.171. The number of hydrogen-bond acceptors (Lipinski definition) is 1. The zero-order valence-corrected chi connectivity index (χ0v) is 10.7. The van der Waals surface area contributed by atoms with E-state index in [2.05, 4.69) is 37.4 Å². The summed E-state index contributed by atoms with van der Waals surface area (Å²) in [5.41, 5.74) is 3.04. The molecule has 0 aliphatic carbocycles. The highest BCUT2D eigenvalue weighted by molar-refractivity contribution is 5.46. The summed E-state index contributed by atoms with van der Waals surface area (Å²) < 4.78 is 5.74. The topological polar surface area (TPSA) is 23.3 Å². The Hall–Kier alpha value is -1.02. The number of fused-ring (bicyclic) bond motifs is 1. The lowest BCUT2D eigenvalue weighted by Gasteiger charge is -2.23. The number of rotatable bonds is 1. The third-order valence-electron chi connectivity index (χ3n) is 4.06. The molecular formula is C15H20NO. The molecule has 0 unspecified atom stereocenters. The highest BCUT2D eigenvalue weighted by atomic mass is 16.5. The van der Waals surface area contributed by atoms with Crippen LogP contribution in [0.4, 0.5) is 0 Å². The van der Waals surface area contributed by atoms with Crippen LogP contribution in [0.1, 0.15) is 43.7 Å². The first-order chi connectivity index (χ1) is 8.17. The quantitative estimate of drug-likeness (QED) is 0.727. The van der Waals surface area contributed by atoms with Crippen LogP contribution in [0, 0.1) is 0 Å². The SMILES string of the molecule is CC1(C)COc2ccc(C3CC[N]CC3)cc21. The van der Waals surface area contributed by atoms with Gasteiger partial charge in [0.15, 0.2) is 0 Å². The van der Waals surface area contributed by atoms with Gasteiger partial charge >= 0.3 is 0 Å². The Morgan fingerprint density at radius 2 is 2.00 bits per heavy atom. The fourth-order valence-electron chi connectivity index (χ4n) is 2.88. The summed E-state index contributed by atoms with van der Waals surface area (Å²) in [4.78, 5) is 0. The van der Waals surface area contributed by atoms with Crippen LogP contribution in [-0.2, 0) is 5.41 Å². The molecule has 2 heterocycles. The van der Waals surface area contributed by atoms with Gasteiger partial charge in [0, 0.05) is 24.1 Å². The summed E-state index contributed by atoms with van der Waals surface area (Å²) in [6.45, 7) is 7.40. The van der Waals surface area contributed by atoms with Crippen molar-refractivity contribution in [2.24, 2.45) is 0 Å². The Kier molecular flexibility index (Phi) is 2.62. The Balaban J connectivity index is 1.92. The molecule has 0 atom stereocenters. The summed E-state index contributed by atoms with van der Waals surface area (Å²) in [7, 11) is 0. The molecule has 1 aromatic rings. The van der Waals surface area contributed by atoms with Crippen molar-refractivity contribution in [1.82, 2.24) is 5.32 Å². The summed E-state index contributed by atoms with van der Waals surface area (Å²) in [6, 6.07) is 6.78. The Morgan fingerprint density at radius 1 is 1.24 bits per heavy atom. The van der Waals surface area contributed by atoms with Crippen LogP contribution < -0.4 is 10.1 Å². The minimum Gasteiger partial charge on any atom is -0.492 e.